The molecule has 3 heteroatoms. The van der Waals surface area contributed by atoms with E-state index in [0.29, 0.717) is 6.42 Å². The van der Waals surface area contributed by atoms with Crippen LogP contribution in [0.1, 0.15) is 39.2 Å². The SMILES string of the molecule is C=C[C@@H](CCC)[C@@H](Cc1ccccc1)C(=O)C(=O)OC(C)C. The smallest absolute Gasteiger partial charge is 0.375 e. The Hall–Kier alpha value is -1.90. The maximum Gasteiger partial charge on any atom is 0.375 e. The van der Waals surface area contributed by atoms with Crippen molar-refractivity contribution in [3.05, 3.63) is 48.6 Å². The Balaban J connectivity index is 2.96. The Morgan fingerprint density at radius 2 is 1.86 bits per heavy atom. The van der Waals surface area contributed by atoms with Crippen LogP contribution in [0.15, 0.2) is 43.0 Å². The molecule has 0 N–H and O–H groups in total. The second kappa shape index (κ2) is 9.19. The first-order chi connectivity index (χ1) is 10.5. The molecule has 0 amide bonds. The zero-order valence-electron chi connectivity index (χ0n) is 13.7. The number of hydrogen-bond donors (Lipinski definition) is 0. The lowest BCUT2D eigenvalue weighted by molar-refractivity contribution is -0.159. The largest absolute Gasteiger partial charge is 0.457 e. The highest BCUT2D eigenvalue weighted by molar-refractivity contribution is 6.34. The van der Waals surface area contributed by atoms with E-state index in [1.165, 1.54) is 0 Å². The molecule has 0 aliphatic rings. The lowest BCUT2D eigenvalue weighted by Crippen LogP contribution is -2.33. The molecule has 0 saturated carbocycles. The van der Waals surface area contributed by atoms with Crippen molar-refractivity contribution in [2.45, 2.75) is 46.1 Å². The number of benzene rings is 1. The topological polar surface area (TPSA) is 43.4 Å². The lowest BCUT2D eigenvalue weighted by atomic mass is 9.81. The van der Waals surface area contributed by atoms with E-state index in [9.17, 15) is 9.59 Å². The molecule has 0 radical (unpaired) electrons. The summed E-state index contributed by atoms with van der Waals surface area (Å²) in [6.07, 6.45) is 3.80. The van der Waals surface area contributed by atoms with Gasteiger partial charge in [0, 0.05) is 5.92 Å². The number of Topliss-reactive ketones (excluding diaryl/α,β-unsaturated/α-hetero) is 1. The van der Waals surface area contributed by atoms with Gasteiger partial charge in [-0.2, -0.15) is 0 Å². The normalized spacial score (nSPS) is 13.5. The highest BCUT2D eigenvalue weighted by atomic mass is 16.5. The van der Waals surface area contributed by atoms with E-state index < -0.39 is 17.7 Å². The summed E-state index contributed by atoms with van der Waals surface area (Å²) >= 11 is 0. The Morgan fingerprint density at radius 3 is 2.36 bits per heavy atom. The number of carbonyl (C=O) groups excluding carboxylic acids is 2. The van der Waals surface area contributed by atoms with Gasteiger partial charge in [0.15, 0.2) is 0 Å². The van der Waals surface area contributed by atoms with Crippen LogP contribution in [-0.2, 0) is 20.7 Å². The van der Waals surface area contributed by atoms with Crippen LogP contribution in [0.25, 0.3) is 0 Å². The molecule has 2 atom stereocenters. The Bertz CT molecular complexity index is 491. The first-order valence-electron chi connectivity index (χ1n) is 7.90. The highest BCUT2D eigenvalue weighted by Gasteiger charge is 2.32. The van der Waals surface area contributed by atoms with Gasteiger partial charge in [-0.25, -0.2) is 4.79 Å². The molecule has 0 fully saturated rings. The maximum atomic E-state index is 12.5. The van der Waals surface area contributed by atoms with Crippen molar-refractivity contribution in [3.8, 4) is 0 Å². The number of rotatable bonds is 9. The molecule has 0 unspecified atom stereocenters. The zero-order valence-corrected chi connectivity index (χ0v) is 13.7. The molecular weight excluding hydrogens is 276 g/mol. The Labute approximate surface area is 133 Å². The molecule has 22 heavy (non-hydrogen) atoms. The molecule has 0 aliphatic heterocycles. The average Bonchev–Trinajstić information content (AvgIpc) is 2.50. The molecule has 1 aromatic carbocycles. The monoisotopic (exact) mass is 302 g/mol. The number of allylic oxidation sites excluding steroid dienone is 1. The predicted octanol–water partition coefficient (Wildman–Crippen LogP) is 3.97. The first-order valence-corrected chi connectivity index (χ1v) is 7.90. The summed E-state index contributed by atoms with van der Waals surface area (Å²) < 4.78 is 5.08. The van der Waals surface area contributed by atoms with Crippen LogP contribution in [0, 0.1) is 11.8 Å². The highest BCUT2D eigenvalue weighted by Crippen LogP contribution is 2.25. The van der Waals surface area contributed by atoms with Crippen molar-refractivity contribution >= 4 is 11.8 Å². The molecule has 0 aliphatic carbocycles. The van der Waals surface area contributed by atoms with Gasteiger partial charge in [-0.15, -0.1) is 6.58 Å². The third kappa shape index (κ3) is 5.47. The van der Waals surface area contributed by atoms with Crippen LogP contribution in [0.5, 0.6) is 0 Å². The van der Waals surface area contributed by atoms with Crippen LogP contribution in [0.2, 0.25) is 0 Å². The molecule has 3 nitrogen and oxygen atoms in total. The summed E-state index contributed by atoms with van der Waals surface area (Å²) in [4.78, 5) is 24.5. The third-order valence-electron chi connectivity index (χ3n) is 3.62. The minimum absolute atomic E-state index is 0.0163. The third-order valence-corrected chi connectivity index (χ3v) is 3.62. The van der Waals surface area contributed by atoms with Crippen molar-refractivity contribution in [2.24, 2.45) is 11.8 Å². The van der Waals surface area contributed by atoms with Gasteiger partial charge in [-0.1, -0.05) is 49.8 Å². The van der Waals surface area contributed by atoms with Gasteiger partial charge in [0.1, 0.15) is 0 Å². The first kappa shape index (κ1) is 18.1. The average molecular weight is 302 g/mol. The molecule has 0 heterocycles. The van der Waals surface area contributed by atoms with Gasteiger partial charge in [0.05, 0.1) is 6.10 Å². The maximum absolute atomic E-state index is 12.5. The van der Waals surface area contributed by atoms with Crippen molar-refractivity contribution in [1.29, 1.82) is 0 Å². The number of ether oxygens (including phenoxy) is 1. The number of hydrogen-bond acceptors (Lipinski definition) is 3. The second-order valence-electron chi connectivity index (χ2n) is 5.80. The fourth-order valence-electron chi connectivity index (χ4n) is 2.55. The van der Waals surface area contributed by atoms with Crippen molar-refractivity contribution in [3.63, 3.8) is 0 Å². The molecule has 0 saturated heterocycles. The fraction of sp³-hybridized carbons (Fsp3) is 0.474. The minimum Gasteiger partial charge on any atom is -0.457 e. The summed E-state index contributed by atoms with van der Waals surface area (Å²) in [5.74, 6) is -1.61. The summed E-state index contributed by atoms with van der Waals surface area (Å²) in [6.45, 7) is 9.39. The number of carbonyl (C=O) groups is 2. The van der Waals surface area contributed by atoms with E-state index in [-0.39, 0.29) is 12.0 Å². The van der Waals surface area contributed by atoms with Crippen LogP contribution in [-0.4, -0.2) is 17.9 Å². The quantitative estimate of drug-likeness (QED) is 0.394. The van der Waals surface area contributed by atoms with Gasteiger partial charge < -0.3 is 4.74 Å². The minimum atomic E-state index is -0.737. The van der Waals surface area contributed by atoms with Gasteiger partial charge in [-0.05, 0) is 38.2 Å². The number of ketones is 1. The standard InChI is InChI=1S/C19H26O3/c1-5-10-16(6-2)17(13-15-11-8-7-9-12-15)18(20)19(21)22-14(3)4/h6-9,11-12,14,16-17H,2,5,10,13H2,1,3-4H3/t16-,17+/m0/s1. The molecular formula is C19H26O3. The van der Waals surface area contributed by atoms with Crippen LogP contribution < -0.4 is 0 Å². The Kier molecular flexibility index (Phi) is 7.58. The Morgan fingerprint density at radius 1 is 1.23 bits per heavy atom. The summed E-state index contributed by atoms with van der Waals surface area (Å²) in [7, 11) is 0. The summed E-state index contributed by atoms with van der Waals surface area (Å²) in [6, 6.07) is 9.75. The van der Waals surface area contributed by atoms with E-state index in [0.717, 1.165) is 18.4 Å². The molecule has 0 aromatic heterocycles. The van der Waals surface area contributed by atoms with Gasteiger partial charge in [0.2, 0.25) is 5.78 Å². The summed E-state index contributed by atoms with van der Waals surface area (Å²) in [5, 5.41) is 0. The van der Waals surface area contributed by atoms with Gasteiger partial charge >= 0.3 is 5.97 Å². The van der Waals surface area contributed by atoms with Crippen molar-refractivity contribution in [1.82, 2.24) is 0 Å². The molecule has 1 rings (SSSR count). The molecule has 0 spiro atoms. The van der Waals surface area contributed by atoms with Gasteiger partial charge in [-0.3, -0.25) is 4.79 Å². The van der Waals surface area contributed by atoms with E-state index in [1.807, 2.05) is 30.3 Å². The zero-order chi connectivity index (χ0) is 16.5. The lowest BCUT2D eigenvalue weighted by Gasteiger charge is -2.23. The fourth-order valence-corrected chi connectivity index (χ4v) is 2.55. The predicted molar refractivity (Wildman–Crippen MR) is 88.5 cm³/mol. The van der Waals surface area contributed by atoms with Crippen LogP contribution in [0.3, 0.4) is 0 Å². The summed E-state index contributed by atoms with van der Waals surface area (Å²) in [5.41, 5.74) is 1.04. The van der Waals surface area contributed by atoms with Crippen molar-refractivity contribution in [2.75, 3.05) is 0 Å². The van der Waals surface area contributed by atoms with Crippen molar-refractivity contribution < 1.29 is 14.3 Å². The van der Waals surface area contributed by atoms with Gasteiger partial charge in [0.25, 0.3) is 0 Å². The molecule has 1 aromatic rings. The molecule has 0 bridgehead atoms. The van der Waals surface area contributed by atoms with E-state index in [2.05, 4.69) is 13.5 Å². The van der Waals surface area contributed by atoms with E-state index in [4.69, 9.17) is 4.74 Å². The van der Waals surface area contributed by atoms with Crippen LogP contribution in [0.4, 0.5) is 0 Å². The second-order valence-corrected chi connectivity index (χ2v) is 5.80. The molecule has 120 valence electrons. The van der Waals surface area contributed by atoms with Crippen LogP contribution >= 0.6 is 0 Å². The number of esters is 1. The van der Waals surface area contributed by atoms with E-state index in [1.54, 1.807) is 19.9 Å². The van der Waals surface area contributed by atoms with E-state index >= 15 is 0 Å².